The zero-order valence-electron chi connectivity index (χ0n) is 11.2. The lowest BCUT2D eigenvalue weighted by Gasteiger charge is -2.12. The highest BCUT2D eigenvalue weighted by Gasteiger charge is 2.07. The van der Waals surface area contributed by atoms with Crippen molar-refractivity contribution in [1.29, 1.82) is 0 Å². The van der Waals surface area contributed by atoms with E-state index in [9.17, 15) is 0 Å². The van der Waals surface area contributed by atoms with E-state index in [1.807, 2.05) is 54.7 Å². The van der Waals surface area contributed by atoms with E-state index in [0.29, 0.717) is 6.61 Å². The fraction of sp³-hybridized carbons (Fsp3) is 0.118. The van der Waals surface area contributed by atoms with Crippen molar-refractivity contribution >= 4 is 10.8 Å². The van der Waals surface area contributed by atoms with Crippen molar-refractivity contribution in [2.45, 2.75) is 6.61 Å². The lowest BCUT2D eigenvalue weighted by molar-refractivity contribution is 0.285. The number of benzene rings is 2. The fourth-order valence-electron chi connectivity index (χ4n) is 2.10. The predicted molar refractivity (Wildman–Crippen MR) is 79.1 cm³/mol. The van der Waals surface area contributed by atoms with Crippen molar-refractivity contribution in [2.75, 3.05) is 7.11 Å². The van der Waals surface area contributed by atoms with Crippen molar-refractivity contribution in [3.63, 3.8) is 0 Å². The van der Waals surface area contributed by atoms with Crippen LogP contribution >= 0.6 is 0 Å². The number of nitrogens with zero attached hydrogens (tertiary/aromatic N) is 1. The van der Waals surface area contributed by atoms with Gasteiger partial charge in [0.25, 0.3) is 0 Å². The lowest BCUT2D eigenvalue weighted by atomic mass is 10.1. The van der Waals surface area contributed by atoms with Crippen LogP contribution < -0.4 is 9.47 Å². The summed E-state index contributed by atoms with van der Waals surface area (Å²) >= 11 is 0. The molecule has 0 unspecified atom stereocenters. The normalized spacial score (nSPS) is 10.4. The highest BCUT2D eigenvalue weighted by Crippen LogP contribution is 2.32. The van der Waals surface area contributed by atoms with E-state index in [4.69, 9.17) is 9.47 Å². The first-order chi connectivity index (χ1) is 9.86. The van der Waals surface area contributed by atoms with Crippen molar-refractivity contribution in [3.8, 4) is 11.5 Å². The van der Waals surface area contributed by atoms with E-state index < -0.39 is 0 Å². The standard InChI is InChI=1S/C17H15NO2/c1-19-16-10-15-11-18-8-7-14(15)9-17(16)20-12-13-5-3-2-4-6-13/h2-11H,12H2,1H3. The third-order valence-corrected chi connectivity index (χ3v) is 3.16. The molecule has 0 saturated carbocycles. The average molecular weight is 265 g/mol. The minimum Gasteiger partial charge on any atom is -0.493 e. The molecule has 1 aromatic heterocycles. The molecule has 0 N–H and O–H groups in total. The Hall–Kier alpha value is -2.55. The number of hydrogen-bond donors (Lipinski definition) is 0. The molecule has 3 rings (SSSR count). The van der Waals surface area contributed by atoms with Gasteiger partial charge in [0.1, 0.15) is 6.61 Å². The van der Waals surface area contributed by atoms with Gasteiger partial charge < -0.3 is 9.47 Å². The highest BCUT2D eigenvalue weighted by molar-refractivity contribution is 5.85. The molecule has 0 bridgehead atoms. The Morgan fingerprint density at radius 1 is 0.950 bits per heavy atom. The largest absolute Gasteiger partial charge is 0.493 e. The number of aromatic nitrogens is 1. The molecule has 20 heavy (non-hydrogen) atoms. The summed E-state index contributed by atoms with van der Waals surface area (Å²) in [5.74, 6) is 1.47. The Bertz CT molecular complexity index is 711. The maximum atomic E-state index is 5.88. The number of fused-ring (bicyclic) bond motifs is 1. The second kappa shape index (κ2) is 5.61. The van der Waals surface area contributed by atoms with E-state index in [1.54, 1.807) is 13.3 Å². The lowest BCUT2D eigenvalue weighted by Crippen LogP contribution is -1.97. The Balaban J connectivity index is 1.90. The molecule has 3 nitrogen and oxygen atoms in total. The molecule has 0 atom stereocenters. The average Bonchev–Trinajstić information content (AvgIpc) is 2.53. The van der Waals surface area contributed by atoms with Gasteiger partial charge in [-0.1, -0.05) is 30.3 Å². The van der Waals surface area contributed by atoms with Crippen molar-refractivity contribution in [3.05, 3.63) is 66.5 Å². The molecule has 0 fully saturated rings. The van der Waals surface area contributed by atoms with Crippen LogP contribution in [0.25, 0.3) is 10.8 Å². The Kier molecular flexibility index (Phi) is 3.50. The molecule has 2 aromatic carbocycles. The van der Waals surface area contributed by atoms with Crippen molar-refractivity contribution < 1.29 is 9.47 Å². The first kappa shape index (κ1) is 12.5. The second-order valence-electron chi connectivity index (χ2n) is 4.50. The van der Waals surface area contributed by atoms with Gasteiger partial charge in [-0.25, -0.2) is 0 Å². The summed E-state index contributed by atoms with van der Waals surface area (Å²) in [5, 5.41) is 2.13. The van der Waals surface area contributed by atoms with Gasteiger partial charge >= 0.3 is 0 Å². The van der Waals surface area contributed by atoms with Crippen LogP contribution in [0.2, 0.25) is 0 Å². The smallest absolute Gasteiger partial charge is 0.162 e. The summed E-state index contributed by atoms with van der Waals surface area (Å²) in [7, 11) is 1.65. The third-order valence-electron chi connectivity index (χ3n) is 3.16. The van der Waals surface area contributed by atoms with E-state index in [1.165, 1.54) is 0 Å². The van der Waals surface area contributed by atoms with Crippen LogP contribution in [0.4, 0.5) is 0 Å². The van der Waals surface area contributed by atoms with Gasteiger partial charge in [0.05, 0.1) is 7.11 Å². The molecule has 0 spiro atoms. The van der Waals surface area contributed by atoms with E-state index in [-0.39, 0.29) is 0 Å². The number of hydrogen-bond acceptors (Lipinski definition) is 3. The molecule has 1 heterocycles. The third kappa shape index (κ3) is 2.57. The van der Waals surface area contributed by atoms with Gasteiger partial charge in [-0.15, -0.1) is 0 Å². The Labute approximate surface area is 117 Å². The zero-order valence-corrected chi connectivity index (χ0v) is 11.2. The summed E-state index contributed by atoms with van der Waals surface area (Å²) in [5.41, 5.74) is 1.13. The van der Waals surface area contributed by atoms with Gasteiger partial charge in [-0.2, -0.15) is 0 Å². The second-order valence-corrected chi connectivity index (χ2v) is 4.50. The van der Waals surface area contributed by atoms with Crippen LogP contribution in [-0.2, 0) is 6.61 Å². The van der Waals surface area contributed by atoms with Crippen molar-refractivity contribution in [2.24, 2.45) is 0 Å². The summed E-state index contributed by atoms with van der Waals surface area (Å²) < 4.78 is 11.3. The van der Waals surface area contributed by atoms with Crippen LogP contribution in [0.3, 0.4) is 0 Å². The first-order valence-electron chi connectivity index (χ1n) is 6.45. The molecule has 0 radical (unpaired) electrons. The molecule has 0 aliphatic heterocycles. The van der Waals surface area contributed by atoms with Gasteiger partial charge in [-0.05, 0) is 29.1 Å². The minimum atomic E-state index is 0.522. The van der Waals surface area contributed by atoms with Crippen LogP contribution in [-0.4, -0.2) is 12.1 Å². The number of pyridine rings is 1. The number of ether oxygens (including phenoxy) is 2. The molecule has 0 aliphatic rings. The fourth-order valence-corrected chi connectivity index (χ4v) is 2.10. The summed E-state index contributed by atoms with van der Waals surface area (Å²) in [6.45, 7) is 0.522. The molecule has 0 amide bonds. The molecule has 100 valence electrons. The maximum absolute atomic E-state index is 5.88. The Morgan fingerprint density at radius 2 is 1.75 bits per heavy atom. The van der Waals surface area contributed by atoms with Crippen LogP contribution in [0, 0.1) is 0 Å². The first-order valence-corrected chi connectivity index (χ1v) is 6.45. The molecule has 0 aliphatic carbocycles. The zero-order chi connectivity index (χ0) is 13.8. The molecule has 3 heteroatoms. The molecule has 0 saturated heterocycles. The number of methoxy groups -OCH3 is 1. The van der Waals surface area contributed by atoms with Gasteiger partial charge in [0.15, 0.2) is 11.5 Å². The van der Waals surface area contributed by atoms with Crippen LogP contribution in [0.15, 0.2) is 60.9 Å². The minimum absolute atomic E-state index is 0.522. The summed E-state index contributed by atoms with van der Waals surface area (Å²) in [4.78, 5) is 4.12. The van der Waals surface area contributed by atoms with Gasteiger partial charge in [0, 0.05) is 17.8 Å². The maximum Gasteiger partial charge on any atom is 0.162 e. The Morgan fingerprint density at radius 3 is 2.55 bits per heavy atom. The molecular weight excluding hydrogens is 250 g/mol. The topological polar surface area (TPSA) is 31.4 Å². The summed E-state index contributed by atoms with van der Waals surface area (Å²) in [6.07, 6.45) is 3.59. The number of rotatable bonds is 4. The monoisotopic (exact) mass is 265 g/mol. The molecular formula is C17H15NO2. The van der Waals surface area contributed by atoms with Crippen molar-refractivity contribution in [1.82, 2.24) is 4.98 Å². The quantitative estimate of drug-likeness (QED) is 0.718. The van der Waals surface area contributed by atoms with Crippen LogP contribution in [0.5, 0.6) is 11.5 Å². The van der Waals surface area contributed by atoms with Gasteiger partial charge in [-0.3, -0.25) is 4.98 Å². The van der Waals surface area contributed by atoms with Gasteiger partial charge in [0.2, 0.25) is 0 Å². The SMILES string of the molecule is COc1cc2cnccc2cc1OCc1ccccc1. The molecule has 3 aromatic rings. The highest BCUT2D eigenvalue weighted by atomic mass is 16.5. The van der Waals surface area contributed by atoms with E-state index in [2.05, 4.69) is 4.98 Å². The van der Waals surface area contributed by atoms with Crippen LogP contribution in [0.1, 0.15) is 5.56 Å². The summed E-state index contributed by atoms with van der Waals surface area (Å²) in [6, 6.07) is 16.0. The van der Waals surface area contributed by atoms with E-state index >= 15 is 0 Å². The predicted octanol–water partition coefficient (Wildman–Crippen LogP) is 3.82. The van der Waals surface area contributed by atoms with E-state index in [0.717, 1.165) is 27.8 Å².